The molecule has 0 radical (unpaired) electrons. The van der Waals surface area contributed by atoms with Crippen molar-refractivity contribution in [3.05, 3.63) is 0 Å². The largest absolute Gasteiger partial charge is 0.396 e. The number of piperidine rings is 1. The maximum Gasteiger partial charge on any atom is 0.279 e. The highest BCUT2D eigenvalue weighted by Gasteiger charge is 2.28. The van der Waals surface area contributed by atoms with Crippen molar-refractivity contribution < 1.29 is 18.3 Å². The van der Waals surface area contributed by atoms with Gasteiger partial charge in [0.15, 0.2) is 0 Å². The third-order valence-corrected chi connectivity index (χ3v) is 5.02. The highest BCUT2D eigenvalue weighted by atomic mass is 32.2. The molecule has 0 aromatic carbocycles. The van der Waals surface area contributed by atoms with E-state index in [0.29, 0.717) is 26.1 Å². The van der Waals surface area contributed by atoms with Gasteiger partial charge in [-0.3, -0.25) is 0 Å². The van der Waals surface area contributed by atoms with Crippen LogP contribution in [0.15, 0.2) is 0 Å². The van der Waals surface area contributed by atoms with Crippen molar-refractivity contribution >= 4 is 10.2 Å². The van der Waals surface area contributed by atoms with Crippen LogP contribution in [0.4, 0.5) is 0 Å². The summed E-state index contributed by atoms with van der Waals surface area (Å²) in [6, 6.07) is -0.134. The number of hydrogen-bond acceptors (Lipinski definition) is 4. The molecule has 0 bridgehead atoms. The van der Waals surface area contributed by atoms with Crippen LogP contribution in [0, 0.1) is 5.92 Å². The van der Waals surface area contributed by atoms with Gasteiger partial charge < -0.3 is 9.84 Å². The first kappa shape index (κ1) is 15.8. The van der Waals surface area contributed by atoms with Gasteiger partial charge in [0.2, 0.25) is 0 Å². The van der Waals surface area contributed by atoms with Crippen molar-refractivity contribution in [1.82, 2.24) is 9.03 Å². The minimum atomic E-state index is -3.40. The zero-order valence-electron chi connectivity index (χ0n) is 11.1. The zero-order chi connectivity index (χ0) is 13.6. The molecule has 0 aromatic heterocycles. The van der Waals surface area contributed by atoms with Crippen LogP contribution in [0.2, 0.25) is 0 Å². The molecule has 0 saturated carbocycles. The van der Waals surface area contributed by atoms with Crippen LogP contribution >= 0.6 is 0 Å². The molecule has 1 heterocycles. The summed E-state index contributed by atoms with van der Waals surface area (Å²) in [5.41, 5.74) is 0. The number of ether oxygens (including phenoxy) is 1. The van der Waals surface area contributed by atoms with Gasteiger partial charge in [0.1, 0.15) is 0 Å². The van der Waals surface area contributed by atoms with E-state index in [-0.39, 0.29) is 18.6 Å². The van der Waals surface area contributed by atoms with E-state index in [1.165, 1.54) is 4.31 Å². The Balaban J connectivity index is 2.44. The molecule has 0 aromatic rings. The number of hydrogen-bond donors (Lipinski definition) is 2. The number of nitrogens with one attached hydrogen (secondary N) is 1. The first-order valence-corrected chi connectivity index (χ1v) is 7.80. The normalized spacial score (nSPS) is 21.1. The summed E-state index contributed by atoms with van der Waals surface area (Å²) in [7, 11) is -1.80. The van der Waals surface area contributed by atoms with Crippen molar-refractivity contribution in [3.63, 3.8) is 0 Å². The Morgan fingerprint density at radius 1 is 1.44 bits per heavy atom. The molecule has 18 heavy (non-hydrogen) atoms. The smallest absolute Gasteiger partial charge is 0.279 e. The molecule has 1 fully saturated rings. The van der Waals surface area contributed by atoms with Crippen molar-refractivity contribution in [2.75, 3.05) is 33.4 Å². The summed E-state index contributed by atoms with van der Waals surface area (Å²) in [5, 5.41) is 9.03. The van der Waals surface area contributed by atoms with Crippen LogP contribution in [-0.4, -0.2) is 57.3 Å². The maximum atomic E-state index is 12.1. The average molecular weight is 280 g/mol. The summed E-state index contributed by atoms with van der Waals surface area (Å²) in [5.74, 6) is 0.238. The molecule has 0 aliphatic carbocycles. The minimum Gasteiger partial charge on any atom is -0.396 e. The van der Waals surface area contributed by atoms with Gasteiger partial charge in [0.25, 0.3) is 10.2 Å². The summed E-state index contributed by atoms with van der Waals surface area (Å²) < 4.78 is 33.2. The summed E-state index contributed by atoms with van der Waals surface area (Å²) in [6.45, 7) is 3.48. The van der Waals surface area contributed by atoms with Crippen LogP contribution in [-0.2, 0) is 14.9 Å². The van der Waals surface area contributed by atoms with E-state index in [2.05, 4.69) is 4.72 Å². The highest BCUT2D eigenvalue weighted by molar-refractivity contribution is 7.87. The third-order valence-electron chi connectivity index (χ3n) is 3.28. The monoisotopic (exact) mass is 280 g/mol. The highest BCUT2D eigenvalue weighted by Crippen LogP contribution is 2.18. The Hall–Kier alpha value is -0.210. The number of rotatable bonds is 7. The van der Waals surface area contributed by atoms with E-state index in [9.17, 15) is 8.42 Å². The van der Waals surface area contributed by atoms with E-state index in [1.54, 1.807) is 7.11 Å². The van der Waals surface area contributed by atoms with Gasteiger partial charge in [-0.05, 0) is 32.1 Å². The lowest BCUT2D eigenvalue weighted by atomic mass is 10.00. The van der Waals surface area contributed by atoms with Gasteiger partial charge in [-0.1, -0.05) is 0 Å². The van der Waals surface area contributed by atoms with E-state index in [0.717, 1.165) is 12.8 Å². The number of methoxy groups -OCH3 is 1. The second-order valence-electron chi connectivity index (χ2n) is 4.83. The molecule has 108 valence electrons. The molecule has 1 aliphatic rings. The molecule has 1 saturated heterocycles. The Morgan fingerprint density at radius 3 is 2.56 bits per heavy atom. The lowest BCUT2D eigenvalue weighted by Crippen LogP contribution is -2.48. The van der Waals surface area contributed by atoms with E-state index >= 15 is 0 Å². The second kappa shape index (κ2) is 7.40. The van der Waals surface area contributed by atoms with Crippen LogP contribution in [0.3, 0.4) is 0 Å². The number of aliphatic hydroxyl groups excluding tert-OH is 1. The standard InChI is InChI=1S/C11H24N2O4S/c1-10(5-8-17-2)12-18(15,16)13-6-3-11(9-14)4-7-13/h10-12,14H,3-9H2,1-2H3. The Morgan fingerprint density at radius 2 is 2.06 bits per heavy atom. The van der Waals surface area contributed by atoms with Gasteiger partial charge in [-0.15, -0.1) is 0 Å². The van der Waals surface area contributed by atoms with E-state index in [4.69, 9.17) is 9.84 Å². The topological polar surface area (TPSA) is 78.9 Å². The van der Waals surface area contributed by atoms with Gasteiger partial charge in [-0.2, -0.15) is 17.4 Å². The fourth-order valence-corrected chi connectivity index (χ4v) is 3.48. The van der Waals surface area contributed by atoms with E-state index < -0.39 is 10.2 Å². The van der Waals surface area contributed by atoms with Crippen molar-refractivity contribution in [2.45, 2.75) is 32.2 Å². The van der Waals surface area contributed by atoms with Gasteiger partial charge >= 0.3 is 0 Å². The fourth-order valence-electron chi connectivity index (χ4n) is 2.01. The van der Waals surface area contributed by atoms with Crippen LogP contribution in [0.5, 0.6) is 0 Å². The number of aliphatic hydroxyl groups is 1. The van der Waals surface area contributed by atoms with Crippen molar-refractivity contribution in [1.29, 1.82) is 0 Å². The predicted octanol–water partition coefficient (Wildman–Crippen LogP) is -0.0499. The molecule has 1 unspecified atom stereocenters. The molecule has 0 spiro atoms. The van der Waals surface area contributed by atoms with Crippen LogP contribution in [0.1, 0.15) is 26.2 Å². The molecular weight excluding hydrogens is 256 g/mol. The molecule has 6 nitrogen and oxygen atoms in total. The zero-order valence-corrected chi connectivity index (χ0v) is 11.9. The van der Waals surface area contributed by atoms with E-state index in [1.807, 2.05) is 6.92 Å². The molecule has 1 aliphatic heterocycles. The first-order valence-electron chi connectivity index (χ1n) is 6.36. The fraction of sp³-hybridized carbons (Fsp3) is 1.00. The lowest BCUT2D eigenvalue weighted by Gasteiger charge is -2.31. The predicted molar refractivity (Wildman–Crippen MR) is 69.4 cm³/mol. The molecule has 1 rings (SSSR count). The van der Waals surface area contributed by atoms with Gasteiger partial charge in [-0.25, -0.2) is 0 Å². The van der Waals surface area contributed by atoms with Crippen molar-refractivity contribution in [2.24, 2.45) is 5.92 Å². The SMILES string of the molecule is COCCC(C)NS(=O)(=O)N1CCC(CO)CC1. The molecule has 2 N–H and O–H groups in total. The maximum absolute atomic E-state index is 12.1. The Bertz CT molecular complexity index is 326. The summed E-state index contributed by atoms with van der Waals surface area (Å²) in [6.07, 6.45) is 2.11. The molecule has 7 heteroatoms. The van der Waals surface area contributed by atoms with Gasteiger partial charge in [0.05, 0.1) is 0 Å². The Kier molecular flexibility index (Phi) is 6.51. The molecule has 1 atom stereocenters. The summed E-state index contributed by atoms with van der Waals surface area (Å²) >= 11 is 0. The third kappa shape index (κ3) is 4.81. The Labute approximate surface area is 109 Å². The van der Waals surface area contributed by atoms with Gasteiger partial charge in [0, 0.05) is 39.5 Å². The number of nitrogens with zero attached hydrogens (tertiary/aromatic N) is 1. The lowest BCUT2D eigenvalue weighted by molar-refractivity contribution is 0.168. The molecular formula is C11H24N2O4S. The minimum absolute atomic E-state index is 0.134. The van der Waals surface area contributed by atoms with Crippen LogP contribution in [0.25, 0.3) is 0 Å². The van der Waals surface area contributed by atoms with Crippen LogP contribution < -0.4 is 4.72 Å². The average Bonchev–Trinajstić information content (AvgIpc) is 2.36. The quantitative estimate of drug-likeness (QED) is 0.685. The summed E-state index contributed by atoms with van der Waals surface area (Å²) in [4.78, 5) is 0. The first-order chi connectivity index (χ1) is 8.49. The second-order valence-corrected chi connectivity index (χ2v) is 6.53. The molecule has 0 amide bonds. The van der Waals surface area contributed by atoms with Crippen molar-refractivity contribution in [3.8, 4) is 0 Å².